The Balaban J connectivity index is 1.65. The van der Waals surface area contributed by atoms with Gasteiger partial charge in [-0.25, -0.2) is 9.97 Å². The number of imidazole rings is 1. The van der Waals surface area contributed by atoms with E-state index in [1.54, 1.807) is 36.5 Å². The Morgan fingerprint density at radius 2 is 1.87 bits per heavy atom. The van der Waals surface area contributed by atoms with Crippen LogP contribution in [0.15, 0.2) is 67.1 Å². The van der Waals surface area contributed by atoms with E-state index in [1.165, 1.54) is 0 Å². The first-order valence-corrected chi connectivity index (χ1v) is 9.17. The van der Waals surface area contributed by atoms with E-state index in [0.717, 1.165) is 17.6 Å². The number of benzene rings is 2. The van der Waals surface area contributed by atoms with Crippen LogP contribution in [0.4, 0.5) is 28.8 Å². The zero-order chi connectivity index (χ0) is 21.8. The van der Waals surface area contributed by atoms with Crippen molar-refractivity contribution in [2.45, 2.75) is 0 Å². The maximum Gasteiger partial charge on any atom is 0.329 e. The molecular weight excluding hydrogens is 396 g/mol. The van der Waals surface area contributed by atoms with Gasteiger partial charge in [0.05, 0.1) is 16.6 Å². The number of nitrogens with zero attached hydrogens (tertiary/aromatic N) is 6. The fraction of sp³-hybridized carbons (Fsp3) is 0.0476. The second-order valence-corrected chi connectivity index (χ2v) is 6.57. The van der Waals surface area contributed by atoms with Crippen LogP contribution in [-0.2, 0) is 7.05 Å². The first-order chi connectivity index (χ1) is 15.0. The number of nitriles is 1. The smallest absolute Gasteiger partial charge is 0.329 e. The molecular formula is C21H16N8O2. The summed E-state index contributed by atoms with van der Waals surface area (Å²) in [4.78, 5) is 23.5. The van der Waals surface area contributed by atoms with E-state index in [1.807, 2.05) is 36.0 Å². The van der Waals surface area contributed by atoms with Crippen molar-refractivity contribution in [1.82, 2.24) is 19.5 Å². The summed E-state index contributed by atoms with van der Waals surface area (Å²) >= 11 is 0. The standard InChI is InChI=1S/C21H16N8O2/c1-28-9-8-23-20(28)15-5-3-7-17(11-15)25-19-18(29(30)31)13-24-21(27-19)26-16-6-2-4-14(10-16)12-22/h2-11,13H,1H3,(H2,24,25,26,27). The van der Waals surface area contributed by atoms with E-state index in [-0.39, 0.29) is 17.5 Å². The molecule has 0 spiro atoms. The van der Waals surface area contributed by atoms with Crippen LogP contribution in [0.1, 0.15) is 5.56 Å². The van der Waals surface area contributed by atoms with Crippen LogP contribution >= 0.6 is 0 Å². The molecule has 4 aromatic rings. The normalized spacial score (nSPS) is 10.3. The maximum absolute atomic E-state index is 11.5. The Hall–Kier alpha value is -4.78. The van der Waals surface area contributed by atoms with E-state index in [9.17, 15) is 10.1 Å². The Labute approximate surface area is 177 Å². The molecule has 0 fully saturated rings. The van der Waals surface area contributed by atoms with E-state index in [2.05, 4.69) is 31.7 Å². The lowest BCUT2D eigenvalue weighted by Crippen LogP contribution is -2.05. The molecule has 10 nitrogen and oxygen atoms in total. The van der Waals surface area contributed by atoms with Gasteiger partial charge >= 0.3 is 5.69 Å². The molecule has 0 atom stereocenters. The van der Waals surface area contributed by atoms with Gasteiger partial charge in [-0.3, -0.25) is 10.1 Å². The van der Waals surface area contributed by atoms with E-state index in [0.29, 0.717) is 16.9 Å². The van der Waals surface area contributed by atoms with Crippen molar-refractivity contribution in [2.24, 2.45) is 7.05 Å². The average Bonchev–Trinajstić information content (AvgIpc) is 3.20. The summed E-state index contributed by atoms with van der Waals surface area (Å²) in [5, 5.41) is 26.5. The number of aromatic nitrogens is 4. The van der Waals surface area contributed by atoms with Crippen LogP contribution in [0.2, 0.25) is 0 Å². The second kappa shape index (κ2) is 8.30. The maximum atomic E-state index is 11.5. The first-order valence-electron chi connectivity index (χ1n) is 9.17. The van der Waals surface area contributed by atoms with Crippen molar-refractivity contribution in [1.29, 1.82) is 5.26 Å². The van der Waals surface area contributed by atoms with Gasteiger partial charge in [0.2, 0.25) is 11.8 Å². The lowest BCUT2D eigenvalue weighted by Gasteiger charge is -2.10. The summed E-state index contributed by atoms with van der Waals surface area (Å²) in [6.45, 7) is 0. The summed E-state index contributed by atoms with van der Waals surface area (Å²) < 4.78 is 1.88. The molecule has 10 heteroatoms. The molecule has 31 heavy (non-hydrogen) atoms. The number of aryl methyl sites for hydroxylation is 1. The summed E-state index contributed by atoms with van der Waals surface area (Å²) in [7, 11) is 1.89. The van der Waals surface area contributed by atoms with Gasteiger partial charge in [0, 0.05) is 36.4 Å². The highest BCUT2D eigenvalue weighted by Crippen LogP contribution is 2.29. The van der Waals surface area contributed by atoms with Gasteiger partial charge in [-0.1, -0.05) is 18.2 Å². The zero-order valence-corrected chi connectivity index (χ0v) is 16.4. The number of nitrogens with one attached hydrogen (secondary N) is 2. The predicted molar refractivity (Wildman–Crippen MR) is 115 cm³/mol. The molecule has 2 heterocycles. The molecule has 0 radical (unpaired) electrons. The summed E-state index contributed by atoms with van der Waals surface area (Å²) in [6.07, 6.45) is 4.67. The largest absolute Gasteiger partial charge is 0.334 e. The lowest BCUT2D eigenvalue weighted by atomic mass is 10.2. The van der Waals surface area contributed by atoms with Crippen molar-refractivity contribution >= 4 is 28.8 Å². The second-order valence-electron chi connectivity index (χ2n) is 6.57. The molecule has 0 saturated heterocycles. The number of hydrogen-bond donors (Lipinski definition) is 2. The fourth-order valence-corrected chi connectivity index (χ4v) is 2.97. The number of nitro groups is 1. The fourth-order valence-electron chi connectivity index (χ4n) is 2.97. The van der Waals surface area contributed by atoms with Gasteiger partial charge in [-0.2, -0.15) is 10.2 Å². The molecule has 4 rings (SSSR count). The number of rotatable bonds is 6. The van der Waals surface area contributed by atoms with Crippen LogP contribution in [0.25, 0.3) is 11.4 Å². The van der Waals surface area contributed by atoms with Gasteiger partial charge in [-0.15, -0.1) is 0 Å². The van der Waals surface area contributed by atoms with Crippen LogP contribution in [0, 0.1) is 21.4 Å². The quantitative estimate of drug-likeness (QED) is 0.356. The minimum Gasteiger partial charge on any atom is -0.334 e. The minimum atomic E-state index is -0.551. The molecule has 0 aliphatic heterocycles. The van der Waals surface area contributed by atoms with Crippen molar-refractivity contribution in [3.8, 4) is 17.5 Å². The Morgan fingerprint density at radius 3 is 2.58 bits per heavy atom. The zero-order valence-electron chi connectivity index (χ0n) is 16.4. The summed E-state index contributed by atoms with van der Waals surface area (Å²) in [5.74, 6) is 0.958. The minimum absolute atomic E-state index is 0.0379. The summed E-state index contributed by atoms with van der Waals surface area (Å²) in [6, 6.07) is 16.2. The van der Waals surface area contributed by atoms with Crippen LogP contribution in [-0.4, -0.2) is 24.4 Å². The lowest BCUT2D eigenvalue weighted by molar-refractivity contribution is -0.384. The van der Waals surface area contributed by atoms with Crippen molar-refractivity contribution in [3.63, 3.8) is 0 Å². The molecule has 2 aromatic heterocycles. The van der Waals surface area contributed by atoms with E-state index >= 15 is 0 Å². The third-order valence-corrected chi connectivity index (χ3v) is 4.42. The van der Waals surface area contributed by atoms with Crippen molar-refractivity contribution in [3.05, 3.63) is 82.8 Å². The molecule has 0 amide bonds. The Kier molecular flexibility index (Phi) is 5.23. The molecule has 0 saturated carbocycles. The highest BCUT2D eigenvalue weighted by molar-refractivity contribution is 5.71. The van der Waals surface area contributed by atoms with Gasteiger partial charge < -0.3 is 15.2 Å². The first kappa shape index (κ1) is 19.5. The number of anilines is 4. The highest BCUT2D eigenvalue weighted by Gasteiger charge is 2.18. The number of hydrogen-bond acceptors (Lipinski definition) is 8. The highest BCUT2D eigenvalue weighted by atomic mass is 16.6. The molecule has 0 bridgehead atoms. The molecule has 152 valence electrons. The molecule has 0 unspecified atom stereocenters. The van der Waals surface area contributed by atoms with Gasteiger partial charge in [-0.05, 0) is 30.3 Å². The molecule has 0 aliphatic rings. The third kappa shape index (κ3) is 4.30. The van der Waals surface area contributed by atoms with Crippen LogP contribution in [0.5, 0.6) is 0 Å². The Bertz CT molecular complexity index is 1310. The van der Waals surface area contributed by atoms with E-state index < -0.39 is 4.92 Å². The van der Waals surface area contributed by atoms with Gasteiger partial charge in [0.15, 0.2) is 0 Å². The van der Waals surface area contributed by atoms with Gasteiger partial charge in [0.25, 0.3) is 0 Å². The molecule has 0 aliphatic carbocycles. The predicted octanol–water partition coefficient (Wildman–Crippen LogP) is 4.14. The van der Waals surface area contributed by atoms with Gasteiger partial charge in [0.1, 0.15) is 12.0 Å². The summed E-state index contributed by atoms with van der Waals surface area (Å²) in [5.41, 5.74) is 2.26. The molecule has 2 N–H and O–H groups in total. The van der Waals surface area contributed by atoms with Crippen molar-refractivity contribution in [2.75, 3.05) is 10.6 Å². The van der Waals surface area contributed by atoms with Crippen LogP contribution in [0.3, 0.4) is 0 Å². The van der Waals surface area contributed by atoms with E-state index in [4.69, 9.17) is 5.26 Å². The third-order valence-electron chi connectivity index (χ3n) is 4.42. The Morgan fingerprint density at radius 1 is 1.10 bits per heavy atom. The molecule has 2 aromatic carbocycles. The SMILES string of the molecule is Cn1ccnc1-c1cccc(Nc2nc(Nc3cccc(C#N)c3)ncc2[N+](=O)[O-])c1. The monoisotopic (exact) mass is 412 g/mol. The topological polar surface area (TPSA) is 135 Å². The van der Waals surface area contributed by atoms with Crippen molar-refractivity contribution < 1.29 is 4.92 Å². The van der Waals surface area contributed by atoms with Crippen LogP contribution < -0.4 is 10.6 Å². The average molecular weight is 412 g/mol.